The molecule has 0 saturated carbocycles. The van der Waals surface area contributed by atoms with Gasteiger partial charge in [0.2, 0.25) is 0 Å². The average Bonchev–Trinajstić information content (AvgIpc) is 2.17. The highest BCUT2D eigenvalue weighted by Gasteiger charge is 2.15. The van der Waals surface area contributed by atoms with Crippen LogP contribution < -0.4 is 5.32 Å². The van der Waals surface area contributed by atoms with Gasteiger partial charge in [-0.25, -0.2) is 4.79 Å². The minimum Gasteiger partial charge on any atom is -0.444 e. The number of hydrogen-bond donors (Lipinski definition) is 1. The van der Waals surface area contributed by atoms with Crippen LogP contribution >= 0.6 is 38.5 Å². The van der Waals surface area contributed by atoms with Crippen molar-refractivity contribution in [3.8, 4) is 0 Å². The van der Waals surface area contributed by atoms with E-state index in [0.29, 0.717) is 6.54 Å². The maximum Gasteiger partial charge on any atom is 0.407 e. The van der Waals surface area contributed by atoms with Gasteiger partial charge >= 0.3 is 6.09 Å². The molecule has 0 aliphatic heterocycles. The standard InChI is InChI=1S/C12H15BrINO2/c1-12(2,3)17-11(16)15-7-8-6-9(13)4-5-10(8)14/h4-6H,7H2,1-3H3,(H,15,16). The number of rotatable bonds is 2. The van der Waals surface area contributed by atoms with Crippen LogP contribution in [0, 0.1) is 3.57 Å². The third kappa shape index (κ3) is 5.72. The first-order valence-electron chi connectivity index (χ1n) is 5.19. The summed E-state index contributed by atoms with van der Waals surface area (Å²) in [4.78, 5) is 11.5. The van der Waals surface area contributed by atoms with Gasteiger partial charge in [-0.05, 0) is 67.1 Å². The first kappa shape index (κ1) is 14.8. The van der Waals surface area contributed by atoms with Gasteiger partial charge in [0, 0.05) is 14.6 Å². The van der Waals surface area contributed by atoms with E-state index in [4.69, 9.17) is 4.74 Å². The van der Waals surface area contributed by atoms with Crippen LogP contribution in [0.2, 0.25) is 0 Å². The lowest BCUT2D eigenvalue weighted by Crippen LogP contribution is -2.32. The highest BCUT2D eigenvalue weighted by atomic mass is 127. The number of hydrogen-bond acceptors (Lipinski definition) is 2. The molecule has 17 heavy (non-hydrogen) atoms. The van der Waals surface area contributed by atoms with Crippen molar-refractivity contribution in [3.63, 3.8) is 0 Å². The average molecular weight is 412 g/mol. The second-order valence-electron chi connectivity index (χ2n) is 4.59. The van der Waals surface area contributed by atoms with Crippen LogP contribution in [-0.2, 0) is 11.3 Å². The van der Waals surface area contributed by atoms with Gasteiger partial charge in [0.15, 0.2) is 0 Å². The Hall–Kier alpha value is -0.300. The van der Waals surface area contributed by atoms with E-state index in [1.54, 1.807) is 0 Å². The maximum atomic E-state index is 11.5. The van der Waals surface area contributed by atoms with E-state index < -0.39 is 11.7 Å². The molecule has 3 nitrogen and oxygen atoms in total. The Balaban J connectivity index is 2.56. The summed E-state index contributed by atoms with van der Waals surface area (Å²) >= 11 is 5.64. The van der Waals surface area contributed by atoms with Crippen molar-refractivity contribution in [1.82, 2.24) is 5.32 Å². The van der Waals surface area contributed by atoms with E-state index in [1.807, 2.05) is 39.0 Å². The minimum atomic E-state index is -0.464. The Morgan fingerprint density at radius 3 is 2.71 bits per heavy atom. The summed E-state index contributed by atoms with van der Waals surface area (Å²) in [5.74, 6) is 0. The first-order valence-corrected chi connectivity index (χ1v) is 7.06. The molecular weight excluding hydrogens is 397 g/mol. The van der Waals surface area contributed by atoms with Crippen molar-refractivity contribution < 1.29 is 9.53 Å². The summed E-state index contributed by atoms with van der Waals surface area (Å²) in [6, 6.07) is 5.95. The lowest BCUT2D eigenvalue weighted by molar-refractivity contribution is 0.0523. The molecule has 1 aromatic carbocycles. The maximum absolute atomic E-state index is 11.5. The monoisotopic (exact) mass is 411 g/mol. The molecule has 1 aromatic rings. The smallest absolute Gasteiger partial charge is 0.407 e. The molecule has 1 N–H and O–H groups in total. The Morgan fingerprint density at radius 2 is 2.12 bits per heavy atom. The summed E-state index contributed by atoms with van der Waals surface area (Å²) in [5, 5.41) is 2.74. The van der Waals surface area contributed by atoms with Crippen LogP contribution in [0.15, 0.2) is 22.7 Å². The van der Waals surface area contributed by atoms with Gasteiger partial charge in [0.05, 0.1) is 0 Å². The van der Waals surface area contributed by atoms with Gasteiger partial charge in [-0.2, -0.15) is 0 Å². The molecule has 0 heterocycles. The fourth-order valence-electron chi connectivity index (χ4n) is 1.16. The van der Waals surface area contributed by atoms with Gasteiger partial charge in [0.1, 0.15) is 5.60 Å². The van der Waals surface area contributed by atoms with Gasteiger partial charge in [-0.15, -0.1) is 0 Å². The quantitative estimate of drug-likeness (QED) is 0.744. The Morgan fingerprint density at radius 1 is 1.47 bits per heavy atom. The van der Waals surface area contributed by atoms with Gasteiger partial charge in [-0.3, -0.25) is 0 Å². The zero-order valence-electron chi connectivity index (χ0n) is 10.0. The van der Waals surface area contributed by atoms with Crippen molar-refractivity contribution in [3.05, 3.63) is 31.8 Å². The predicted molar refractivity (Wildman–Crippen MR) is 79.9 cm³/mol. The van der Waals surface area contributed by atoms with Crippen molar-refractivity contribution in [2.75, 3.05) is 0 Å². The number of amides is 1. The first-order chi connectivity index (χ1) is 7.78. The number of carbonyl (C=O) groups excluding carboxylic acids is 1. The van der Waals surface area contributed by atoms with Gasteiger partial charge in [0.25, 0.3) is 0 Å². The molecule has 5 heteroatoms. The van der Waals surface area contributed by atoms with Crippen LogP contribution in [0.4, 0.5) is 4.79 Å². The summed E-state index contributed by atoms with van der Waals surface area (Å²) in [6.07, 6.45) is -0.395. The lowest BCUT2D eigenvalue weighted by Gasteiger charge is -2.19. The number of halogens is 2. The van der Waals surface area contributed by atoms with E-state index >= 15 is 0 Å². The Bertz CT molecular complexity index is 415. The van der Waals surface area contributed by atoms with Crippen LogP contribution in [0.25, 0.3) is 0 Å². The fourth-order valence-corrected chi connectivity index (χ4v) is 2.10. The van der Waals surface area contributed by atoms with Crippen LogP contribution in [0.1, 0.15) is 26.3 Å². The molecule has 0 atom stereocenters. The molecule has 0 aliphatic carbocycles. The molecule has 0 aliphatic rings. The molecule has 0 spiro atoms. The van der Waals surface area contributed by atoms with Crippen molar-refractivity contribution in [1.29, 1.82) is 0 Å². The summed E-state index contributed by atoms with van der Waals surface area (Å²) < 4.78 is 7.28. The van der Waals surface area contributed by atoms with Crippen molar-refractivity contribution in [2.45, 2.75) is 32.9 Å². The number of nitrogens with one attached hydrogen (secondary N) is 1. The van der Waals surface area contributed by atoms with E-state index in [2.05, 4.69) is 43.8 Å². The highest BCUT2D eigenvalue weighted by molar-refractivity contribution is 14.1. The highest BCUT2D eigenvalue weighted by Crippen LogP contribution is 2.18. The molecule has 0 fully saturated rings. The predicted octanol–water partition coefficient (Wildman–Crippen LogP) is 4.08. The van der Waals surface area contributed by atoms with Gasteiger partial charge < -0.3 is 10.1 Å². The molecule has 1 amide bonds. The zero-order chi connectivity index (χ0) is 13.1. The van der Waals surface area contributed by atoms with Crippen LogP contribution in [-0.4, -0.2) is 11.7 Å². The third-order valence-electron chi connectivity index (χ3n) is 1.83. The molecule has 94 valence electrons. The van der Waals surface area contributed by atoms with Crippen molar-refractivity contribution in [2.24, 2.45) is 0 Å². The van der Waals surface area contributed by atoms with E-state index in [0.717, 1.165) is 13.6 Å². The fraction of sp³-hybridized carbons (Fsp3) is 0.417. The lowest BCUT2D eigenvalue weighted by atomic mass is 10.2. The molecule has 0 aromatic heterocycles. The molecule has 0 unspecified atom stereocenters. The SMILES string of the molecule is CC(C)(C)OC(=O)NCc1cc(Br)ccc1I. The summed E-state index contributed by atoms with van der Waals surface area (Å²) in [6.45, 7) is 5.99. The number of benzene rings is 1. The van der Waals surface area contributed by atoms with Crippen molar-refractivity contribution >= 4 is 44.6 Å². The largest absolute Gasteiger partial charge is 0.444 e. The molecule has 0 saturated heterocycles. The summed E-state index contributed by atoms with van der Waals surface area (Å²) in [7, 11) is 0. The summed E-state index contributed by atoms with van der Waals surface area (Å²) in [5.41, 5.74) is 0.597. The Kier molecular flexibility index (Phi) is 5.24. The molecule has 1 rings (SSSR count). The van der Waals surface area contributed by atoms with E-state index in [1.165, 1.54) is 0 Å². The third-order valence-corrected chi connectivity index (χ3v) is 3.38. The second-order valence-corrected chi connectivity index (χ2v) is 6.67. The molecule has 0 radical (unpaired) electrons. The van der Waals surface area contributed by atoms with Crippen LogP contribution in [0.3, 0.4) is 0 Å². The zero-order valence-corrected chi connectivity index (χ0v) is 13.8. The van der Waals surface area contributed by atoms with E-state index in [-0.39, 0.29) is 0 Å². The van der Waals surface area contributed by atoms with Crippen LogP contribution in [0.5, 0.6) is 0 Å². The topological polar surface area (TPSA) is 38.3 Å². The molecular formula is C12H15BrINO2. The number of carbonyl (C=O) groups is 1. The van der Waals surface area contributed by atoms with Gasteiger partial charge in [-0.1, -0.05) is 15.9 Å². The normalized spacial score (nSPS) is 11.1. The number of alkyl carbamates (subject to hydrolysis) is 1. The Labute approximate surface area is 124 Å². The number of ether oxygens (including phenoxy) is 1. The second kappa shape index (κ2) is 6.04. The molecule has 0 bridgehead atoms. The van der Waals surface area contributed by atoms with E-state index in [9.17, 15) is 4.79 Å². The minimum absolute atomic E-state index is 0.395.